The first kappa shape index (κ1) is 14.4. The Kier molecular flexibility index (Phi) is 5.31. The number of nitrogens with zero attached hydrogens (tertiary/aromatic N) is 1. The summed E-state index contributed by atoms with van der Waals surface area (Å²) in [6.45, 7) is 6.48. The lowest BCUT2D eigenvalue weighted by atomic mass is 10.0. The van der Waals surface area contributed by atoms with Crippen molar-refractivity contribution in [2.75, 3.05) is 12.3 Å². The molecule has 0 aromatic carbocycles. The zero-order chi connectivity index (χ0) is 13.0. The topological polar surface area (TPSA) is 49.4 Å². The summed E-state index contributed by atoms with van der Waals surface area (Å²) in [5.74, 6) is 0.628. The highest BCUT2D eigenvalue weighted by Gasteiger charge is 2.34. The van der Waals surface area contributed by atoms with Crippen LogP contribution in [0, 0.1) is 5.92 Å². The van der Waals surface area contributed by atoms with Crippen LogP contribution in [0.15, 0.2) is 0 Å². The lowest BCUT2D eigenvalue weighted by Gasteiger charge is -2.30. The minimum absolute atomic E-state index is 0.00593. The third kappa shape index (κ3) is 3.63. The molecular formula is C12H22N2O2S. The fraction of sp³-hybridized carbons (Fsp3) is 0.833. The monoisotopic (exact) mass is 258 g/mol. The molecule has 1 saturated heterocycles. The number of likely N-dealkylation sites (tertiary alicyclic amines) is 1. The number of carbonyl (C=O) groups is 2. The predicted molar refractivity (Wildman–Crippen MR) is 71.0 cm³/mol. The number of rotatable bonds is 4. The number of thiol groups is 1. The van der Waals surface area contributed by atoms with E-state index in [4.69, 9.17) is 0 Å². The summed E-state index contributed by atoms with van der Waals surface area (Å²) in [7, 11) is 0. The van der Waals surface area contributed by atoms with Crippen molar-refractivity contribution in [1.29, 1.82) is 0 Å². The van der Waals surface area contributed by atoms with Crippen molar-refractivity contribution in [3.8, 4) is 0 Å². The molecule has 4 nitrogen and oxygen atoms in total. The van der Waals surface area contributed by atoms with E-state index >= 15 is 0 Å². The number of amides is 2. The third-order valence-corrected chi connectivity index (χ3v) is 3.58. The average Bonchev–Trinajstić information content (AvgIpc) is 2.73. The van der Waals surface area contributed by atoms with E-state index in [9.17, 15) is 9.59 Å². The van der Waals surface area contributed by atoms with Crippen LogP contribution < -0.4 is 5.32 Å². The van der Waals surface area contributed by atoms with Gasteiger partial charge < -0.3 is 10.2 Å². The summed E-state index contributed by atoms with van der Waals surface area (Å²) >= 11 is 4.14. The molecule has 1 fully saturated rings. The summed E-state index contributed by atoms with van der Waals surface area (Å²) in [6, 6.07) is -0.186. The summed E-state index contributed by atoms with van der Waals surface area (Å²) < 4.78 is 0. The van der Waals surface area contributed by atoms with E-state index in [1.54, 1.807) is 0 Å². The van der Waals surface area contributed by atoms with Crippen LogP contribution in [-0.2, 0) is 9.59 Å². The van der Waals surface area contributed by atoms with E-state index in [0.29, 0.717) is 17.7 Å². The van der Waals surface area contributed by atoms with Crippen LogP contribution in [0.25, 0.3) is 0 Å². The normalized spacial score (nSPS) is 21.7. The SMILES string of the molecule is CC(=O)NC(CS)C(=O)N1CCCC1C(C)C. The first-order valence-corrected chi connectivity index (χ1v) is 6.79. The van der Waals surface area contributed by atoms with Gasteiger partial charge in [0.1, 0.15) is 6.04 Å². The standard InChI is InChI=1S/C12H22N2O2S/c1-8(2)11-5-4-6-14(11)12(16)10(7-17)13-9(3)15/h8,10-11,17H,4-7H2,1-3H3,(H,13,15). The first-order chi connectivity index (χ1) is 7.97. The Bertz CT molecular complexity index is 294. The highest BCUT2D eigenvalue weighted by Crippen LogP contribution is 2.24. The minimum Gasteiger partial charge on any atom is -0.344 e. The Balaban J connectivity index is 2.69. The van der Waals surface area contributed by atoms with Gasteiger partial charge in [-0.3, -0.25) is 9.59 Å². The van der Waals surface area contributed by atoms with Crippen molar-refractivity contribution in [2.24, 2.45) is 5.92 Å². The van der Waals surface area contributed by atoms with Gasteiger partial charge in [-0.25, -0.2) is 0 Å². The highest BCUT2D eigenvalue weighted by molar-refractivity contribution is 7.80. The van der Waals surface area contributed by atoms with Crippen LogP contribution in [-0.4, -0.2) is 41.1 Å². The zero-order valence-electron chi connectivity index (χ0n) is 10.8. The number of carbonyl (C=O) groups excluding carboxylic acids is 2. The van der Waals surface area contributed by atoms with E-state index in [1.165, 1.54) is 6.92 Å². The predicted octanol–water partition coefficient (Wildman–Crippen LogP) is 1.07. The number of hydrogen-bond acceptors (Lipinski definition) is 3. The second-order valence-electron chi connectivity index (χ2n) is 4.92. The number of nitrogens with one attached hydrogen (secondary N) is 1. The maximum Gasteiger partial charge on any atom is 0.246 e. The summed E-state index contributed by atoms with van der Waals surface area (Å²) in [5, 5.41) is 2.66. The molecule has 1 N–H and O–H groups in total. The van der Waals surface area contributed by atoms with Crippen LogP contribution in [0.3, 0.4) is 0 Å². The second kappa shape index (κ2) is 6.28. The van der Waals surface area contributed by atoms with Gasteiger partial charge in [0, 0.05) is 25.3 Å². The summed E-state index contributed by atoms with van der Waals surface area (Å²) in [6.07, 6.45) is 2.11. The Morgan fingerprint density at radius 2 is 2.12 bits per heavy atom. The molecule has 2 amide bonds. The molecule has 0 bridgehead atoms. The molecule has 1 aliphatic heterocycles. The van der Waals surface area contributed by atoms with E-state index < -0.39 is 6.04 Å². The van der Waals surface area contributed by atoms with Crippen molar-refractivity contribution in [3.05, 3.63) is 0 Å². The molecule has 1 rings (SSSR count). The van der Waals surface area contributed by atoms with Crippen LogP contribution in [0.4, 0.5) is 0 Å². The Morgan fingerprint density at radius 1 is 1.47 bits per heavy atom. The zero-order valence-corrected chi connectivity index (χ0v) is 11.7. The fourth-order valence-electron chi connectivity index (χ4n) is 2.39. The Morgan fingerprint density at radius 3 is 2.59 bits per heavy atom. The van der Waals surface area contributed by atoms with E-state index in [1.807, 2.05) is 4.90 Å². The molecule has 2 atom stereocenters. The third-order valence-electron chi connectivity index (χ3n) is 3.21. The van der Waals surface area contributed by atoms with E-state index in [0.717, 1.165) is 19.4 Å². The van der Waals surface area contributed by atoms with Crippen molar-refractivity contribution >= 4 is 24.4 Å². The molecule has 0 aromatic heterocycles. The van der Waals surface area contributed by atoms with Crippen LogP contribution >= 0.6 is 12.6 Å². The summed E-state index contributed by atoms with van der Waals surface area (Å²) in [5.41, 5.74) is 0. The molecule has 17 heavy (non-hydrogen) atoms. The van der Waals surface area contributed by atoms with Crippen molar-refractivity contribution < 1.29 is 9.59 Å². The van der Waals surface area contributed by atoms with Crippen LogP contribution in [0.1, 0.15) is 33.6 Å². The molecule has 2 unspecified atom stereocenters. The summed E-state index contributed by atoms with van der Waals surface area (Å²) in [4.78, 5) is 25.2. The lowest BCUT2D eigenvalue weighted by molar-refractivity contribution is -0.136. The molecular weight excluding hydrogens is 236 g/mol. The largest absolute Gasteiger partial charge is 0.344 e. The molecule has 0 aromatic rings. The molecule has 0 radical (unpaired) electrons. The maximum atomic E-state index is 12.3. The van der Waals surface area contributed by atoms with E-state index in [-0.39, 0.29) is 11.8 Å². The van der Waals surface area contributed by atoms with Crippen molar-refractivity contribution in [3.63, 3.8) is 0 Å². The van der Waals surface area contributed by atoms with Gasteiger partial charge in [-0.15, -0.1) is 0 Å². The quantitative estimate of drug-likeness (QED) is 0.741. The first-order valence-electron chi connectivity index (χ1n) is 6.15. The van der Waals surface area contributed by atoms with Gasteiger partial charge in [0.15, 0.2) is 0 Å². The van der Waals surface area contributed by atoms with Crippen LogP contribution in [0.5, 0.6) is 0 Å². The van der Waals surface area contributed by atoms with Gasteiger partial charge in [0.05, 0.1) is 0 Å². The highest BCUT2D eigenvalue weighted by atomic mass is 32.1. The van der Waals surface area contributed by atoms with Gasteiger partial charge in [-0.05, 0) is 18.8 Å². The maximum absolute atomic E-state index is 12.3. The Hall–Kier alpha value is -0.710. The lowest BCUT2D eigenvalue weighted by Crippen LogP contribution is -2.51. The van der Waals surface area contributed by atoms with Crippen LogP contribution in [0.2, 0.25) is 0 Å². The van der Waals surface area contributed by atoms with Gasteiger partial charge >= 0.3 is 0 Å². The van der Waals surface area contributed by atoms with Crippen molar-refractivity contribution in [1.82, 2.24) is 10.2 Å². The average molecular weight is 258 g/mol. The minimum atomic E-state index is -0.491. The molecule has 0 aliphatic carbocycles. The number of hydrogen-bond donors (Lipinski definition) is 2. The van der Waals surface area contributed by atoms with E-state index in [2.05, 4.69) is 31.8 Å². The molecule has 1 aliphatic rings. The van der Waals surface area contributed by atoms with Crippen molar-refractivity contribution in [2.45, 2.75) is 45.7 Å². The molecule has 0 saturated carbocycles. The van der Waals surface area contributed by atoms with Gasteiger partial charge in [-0.2, -0.15) is 12.6 Å². The molecule has 98 valence electrons. The molecule has 5 heteroatoms. The van der Waals surface area contributed by atoms with Gasteiger partial charge in [0.25, 0.3) is 0 Å². The second-order valence-corrected chi connectivity index (χ2v) is 5.29. The van der Waals surface area contributed by atoms with Gasteiger partial charge in [0.2, 0.25) is 11.8 Å². The Labute approximate surface area is 109 Å². The van der Waals surface area contributed by atoms with Gasteiger partial charge in [-0.1, -0.05) is 13.8 Å². The molecule has 1 heterocycles. The smallest absolute Gasteiger partial charge is 0.246 e. The molecule has 0 spiro atoms. The fourth-order valence-corrected chi connectivity index (χ4v) is 2.64.